The van der Waals surface area contributed by atoms with E-state index in [0.717, 1.165) is 48.4 Å². The van der Waals surface area contributed by atoms with Crippen LogP contribution in [0.3, 0.4) is 0 Å². The van der Waals surface area contributed by atoms with Gasteiger partial charge in [-0.2, -0.15) is 10.2 Å². The van der Waals surface area contributed by atoms with Crippen molar-refractivity contribution < 1.29 is 14.3 Å². The molecule has 0 radical (unpaired) electrons. The quantitative estimate of drug-likeness (QED) is 0.215. The lowest BCUT2D eigenvalue weighted by Gasteiger charge is -2.03. The molecule has 1 N–H and O–H groups in total. The largest absolute Gasteiger partial charge is 0.461 e. The molecule has 0 aliphatic rings. The molecule has 1 amide bonds. The molecule has 0 spiro atoms. The number of amides is 1. The van der Waals surface area contributed by atoms with E-state index in [-0.39, 0.29) is 18.5 Å². The Balaban J connectivity index is 1.38. The van der Waals surface area contributed by atoms with E-state index in [9.17, 15) is 9.59 Å². The number of azo groups is 1. The molecule has 0 aliphatic carbocycles. The Labute approximate surface area is 205 Å². The maximum Gasteiger partial charge on any atom is 0.305 e. The zero-order valence-corrected chi connectivity index (χ0v) is 20.3. The van der Waals surface area contributed by atoms with Crippen molar-refractivity contribution in [2.45, 2.75) is 58.6 Å². The van der Waals surface area contributed by atoms with Gasteiger partial charge in [0.1, 0.15) is 6.61 Å². The number of nitrogens with one attached hydrogen (secondary N) is 1. The molecule has 0 saturated heterocycles. The maximum atomic E-state index is 11.3. The Bertz CT molecular complexity index is 1110. The van der Waals surface area contributed by atoms with E-state index in [2.05, 4.69) is 38.0 Å². The molecule has 35 heavy (non-hydrogen) atoms. The number of unbranched alkanes of at least 4 members (excludes halogenated alkanes) is 1. The molecule has 3 rings (SSSR count). The number of aromatic nitrogens is 3. The molecule has 0 aliphatic heterocycles. The first kappa shape index (κ1) is 25.7. The van der Waals surface area contributed by atoms with Gasteiger partial charge in [-0.3, -0.25) is 14.3 Å². The van der Waals surface area contributed by atoms with Gasteiger partial charge >= 0.3 is 5.97 Å². The van der Waals surface area contributed by atoms with E-state index in [0.29, 0.717) is 19.3 Å². The standard InChI is InChI=1S/C26H32N6O3/c1-3-26(34)35-19-21-9-13-23(14-10-21)29-28-22-11-7-20(8-12-22)6-4-5-17-32-18-24(30-31-32)15-16-25(33)27-2/h7-14,18H,3-6,15-17,19H2,1-2H3,(H,27,33). The molecule has 0 atom stereocenters. The van der Waals surface area contributed by atoms with Crippen LogP contribution in [-0.2, 0) is 40.3 Å². The Morgan fingerprint density at radius 2 is 1.60 bits per heavy atom. The molecule has 0 bridgehead atoms. The Kier molecular flexibility index (Phi) is 10.1. The Morgan fingerprint density at radius 1 is 0.943 bits per heavy atom. The highest BCUT2D eigenvalue weighted by Gasteiger charge is 2.04. The van der Waals surface area contributed by atoms with E-state index < -0.39 is 0 Å². The highest BCUT2D eigenvalue weighted by molar-refractivity contribution is 5.75. The Hall–Kier alpha value is -3.88. The number of aryl methyl sites for hydroxylation is 3. The number of esters is 1. The van der Waals surface area contributed by atoms with Crippen LogP contribution in [0.15, 0.2) is 65.0 Å². The van der Waals surface area contributed by atoms with Crippen LogP contribution in [-0.4, -0.2) is 33.9 Å². The summed E-state index contributed by atoms with van der Waals surface area (Å²) in [7, 11) is 1.63. The number of nitrogens with zero attached hydrogens (tertiary/aromatic N) is 5. The van der Waals surface area contributed by atoms with Crippen LogP contribution in [0.5, 0.6) is 0 Å². The van der Waals surface area contributed by atoms with Crippen molar-refractivity contribution in [1.29, 1.82) is 0 Å². The van der Waals surface area contributed by atoms with E-state index >= 15 is 0 Å². The zero-order valence-electron chi connectivity index (χ0n) is 20.3. The van der Waals surface area contributed by atoms with E-state index in [1.807, 2.05) is 47.3 Å². The molecule has 1 aromatic heterocycles. The number of ether oxygens (including phenoxy) is 1. The second kappa shape index (κ2) is 13.7. The van der Waals surface area contributed by atoms with Crippen molar-refractivity contribution in [3.63, 3.8) is 0 Å². The second-order valence-corrected chi connectivity index (χ2v) is 8.15. The summed E-state index contributed by atoms with van der Waals surface area (Å²) in [6.45, 7) is 2.84. The van der Waals surface area contributed by atoms with Crippen LogP contribution >= 0.6 is 0 Å². The molecule has 3 aromatic rings. The maximum absolute atomic E-state index is 11.3. The van der Waals surface area contributed by atoms with Crippen LogP contribution in [0.1, 0.15) is 49.4 Å². The lowest BCUT2D eigenvalue weighted by molar-refractivity contribution is -0.144. The van der Waals surface area contributed by atoms with Crippen molar-refractivity contribution in [2.75, 3.05) is 7.05 Å². The van der Waals surface area contributed by atoms with Crippen LogP contribution < -0.4 is 5.32 Å². The van der Waals surface area contributed by atoms with Gasteiger partial charge in [-0.25, -0.2) is 0 Å². The van der Waals surface area contributed by atoms with E-state index in [1.165, 1.54) is 5.56 Å². The normalized spacial score (nSPS) is 11.0. The monoisotopic (exact) mass is 476 g/mol. The van der Waals surface area contributed by atoms with Crippen molar-refractivity contribution in [1.82, 2.24) is 20.3 Å². The molecular weight excluding hydrogens is 444 g/mol. The van der Waals surface area contributed by atoms with Crippen LogP contribution in [0.4, 0.5) is 11.4 Å². The van der Waals surface area contributed by atoms with Crippen molar-refractivity contribution in [3.05, 3.63) is 71.5 Å². The van der Waals surface area contributed by atoms with Crippen molar-refractivity contribution in [3.8, 4) is 0 Å². The van der Waals surface area contributed by atoms with Gasteiger partial charge in [0.15, 0.2) is 0 Å². The molecule has 0 unspecified atom stereocenters. The van der Waals surface area contributed by atoms with Crippen LogP contribution in [0, 0.1) is 0 Å². The summed E-state index contributed by atoms with van der Waals surface area (Å²) in [6.07, 6.45) is 6.32. The third kappa shape index (κ3) is 9.11. The number of carbonyl (C=O) groups is 2. The minimum Gasteiger partial charge on any atom is -0.461 e. The summed E-state index contributed by atoms with van der Waals surface area (Å²) in [6, 6.07) is 15.6. The van der Waals surface area contributed by atoms with Gasteiger partial charge in [0.05, 0.1) is 17.1 Å². The summed E-state index contributed by atoms with van der Waals surface area (Å²) in [5.74, 6) is -0.203. The number of hydrogen-bond donors (Lipinski definition) is 1. The summed E-state index contributed by atoms with van der Waals surface area (Å²) in [5.41, 5.74) is 4.54. The highest BCUT2D eigenvalue weighted by Crippen LogP contribution is 2.20. The summed E-state index contributed by atoms with van der Waals surface area (Å²) in [4.78, 5) is 22.6. The van der Waals surface area contributed by atoms with Crippen molar-refractivity contribution >= 4 is 23.3 Å². The SMILES string of the molecule is CCC(=O)OCc1ccc(N=Nc2ccc(CCCCn3cc(CCC(=O)NC)nn3)cc2)cc1. The zero-order chi connectivity index (χ0) is 24.9. The molecular formula is C26H32N6O3. The average Bonchev–Trinajstić information content (AvgIpc) is 3.36. The van der Waals surface area contributed by atoms with E-state index in [4.69, 9.17) is 4.74 Å². The molecule has 184 valence electrons. The first-order valence-electron chi connectivity index (χ1n) is 11.9. The first-order valence-corrected chi connectivity index (χ1v) is 11.9. The minimum atomic E-state index is -0.211. The molecule has 0 saturated carbocycles. The molecule has 0 fully saturated rings. The summed E-state index contributed by atoms with van der Waals surface area (Å²) in [5, 5.41) is 19.5. The van der Waals surface area contributed by atoms with Crippen LogP contribution in [0.2, 0.25) is 0 Å². The summed E-state index contributed by atoms with van der Waals surface area (Å²) < 4.78 is 6.96. The van der Waals surface area contributed by atoms with Gasteiger partial charge in [-0.1, -0.05) is 36.4 Å². The fourth-order valence-electron chi connectivity index (χ4n) is 3.30. The lowest BCUT2D eigenvalue weighted by atomic mass is 10.1. The summed E-state index contributed by atoms with van der Waals surface area (Å²) >= 11 is 0. The predicted octanol–water partition coefficient (Wildman–Crippen LogP) is 4.85. The molecule has 1 heterocycles. The third-order valence-electron chi connectivity index (χ3n) is 5.42. The van der Waals surface area contributed by atoms with Gasteiger partial charge in [0.25, 0.3) is 0 Å². The second-order valence-electron chi connectivity index (χ2n) is 8.15. The number of hydrogen-bond acceptors (Lipinski definition) is 7. The van der Waals surface area contributed by atoms with Gasteiger partial charge in [0.2, 0.25) is 5.91 Å². The van der Waals surface area contributed by atoms with Gasteiger partial charge < -0.3 is 10.1 Å². The smallest absolute Gasteiger partial charge is 0.305 e. The fraction of sp³-hybridized carbons (Fsp3) is 0.385. The fourth-order valence-corrected chi connectivity index (χ4v) is 3.30. The number of benzene rings is 2. The van der Waals surface area contributed by atoms with Crippen LogP contribution in [0.25, 0.3) is 0 Å². The third-order valence-corrected chi connectivity index (χ3v) is 5.42. The first-order chi connectivity index (χ1) is 17.1. The Morgan fingerprint density at radius 3 is 2.23 bits per heavy atom. The number of rotatable bonds is 13. The molecule has 2 aromatic carbocycles. The molecule has 9 heteroatoms. The minimum absolute atomic E-state index is 0.00839. The highest BCUT2D eigenvalue weighted by atomic mass is 16.5. The average molecular weight is 477 g/mol. The topological polar surface area (TPSA) is 111 Å². The molecule has 9 nitrogen and oxygen atoms in total. The number of carbonyl (C=O) groups excluding carboxylic acids is 2. The van der Waals surface area contributed by atoms with Gasteiger partial charge in [-0.15, -0.1) is 5.10 Å². The van der Waals surface area contributed by atoms with E-state index in [1.54, 1.807) is 14.0 Å². The van der Waals surface area contributed by atoms with Crippen molar-refractivity contribution in [2.24, 2.45) is 10.2 Å². The van der Waals surface area contributed by atoms with Gasteiger partial charge in [0, 0.05) is 39.1 Å². The van der Waals surface area contributed by atoms with Gasteiger partial charge in [-0.05, 0) is 54.7 Å². The predicted molar refractivity (Wildman–Crippen MR) is 132 cm³/mol. The lowest BCUT2D eigenvalue weighted by Crippen LogP contribution is -2.17.